The van der Waals surface area contributed by atoms with Crippen LogP contribution in [0.3, 0.4) is 0 Å². The number of carbonyl (C=O) groups excluding carboxylic acids is 6. The van der Waals surface area contributed by atoms with Crippen molar-refractivity contribution in [2.75, 3.05) is 77.5 Å². The number of amides is 6. The number of anilines is 12. The van der Waals surface area contributed by atoms with Gasteiger partial charge in [0.2, 0.25) is 35.4 Å². The third-order valence-corrected chi connectivity index (χ3v) is 24.9. The van der Waals surface area contributed by atoms with Crippen LogP contribution in [0, 0.1) is 20.8 Å². The molecule has 0 unspecified atom stereocenters. The molecule has 0 radical (unpaired) electrons. The quantitative estimate of drug-likeness (QED) is 0.0323. The van der Waals surface area contributed by atoms with Gasteiger partial charge in [0, 0.05) is 115 Å². The van der Waals surface area contributed by atoms with Crippen molar-refractivity contribution in [1.29, 1.82) is 0 Å². The monoisotopic (exact) mass is 1960 g/mol. The first kappa shape index (κ1) is 96.5. The van der Waals surface area contributed by atoms with Crippen molar-refractivity contribution in [3.63, 3.8) is 0 Å². The van der Waals surface area contributed by atoms with E-state index in [-0.39, 0.29) is 74.0 Å². The largest absolute Gasteiger partial charge is 0.383 e. The standard InChI is InChI=1S/C19H20N6O2.C18H18N6O.2C17H16N6O.C17H14N6O.C17H15N5O/c1-27-10-9-24-8-7-21-19(24)17-22-16(20)14-11-15(26)25(18(14)23-17)12-13-5-3-2-4-6-13;1-10-11(2)21-16(20-10)17-22-15(19)13-8-14(25)24(18(13)23-17)9-12-6-4-3-5-7-12;1-10-8-19-15(20-10)16-21-14(18)12-7-13(24)23(17(12)22-16)9-11-5-3-2-4-6-11;1-22-8-7-19-17(22)15-20-14(18)12-9-13(24)23(16(12)21-15)10-11-5-3-2-4-6-11;18-15-13-6-14(24)23(9-11-4-2-1-3-5-11)17(13)22-16(21-15)12-7-19-10-20-8-12;18-15-12-9-14(23)22(10-11-5-2-1-3-6-11)17(12)21-16(20-15)13-7-4-8-19-13/h2-8H,9-12H2,1H3,(H2,20,22,23);3-7H,8-9H2,1-2H3,(H,20,21)(H2,19,22,23);2-6,8H,7,9H2,1H3,(H,19,20)(H2,18,21,22);2-8H,9-10H2,1H3,(H2,18,20,21);1-5,7-8,10H,6,9H2,(H2,18,21,22);1-8,19H,9-10H2,(H2,18,20,21). The van der Waals surface area contributed by atoms with E-state index in [1.165, 1.54) is 6.33 Å². The lowest BCUT2D eigenvalue weighted by Gasteiger charge is -2.17. The normalized spacial score (nSPS) is 13.3. The molecule has 147 heavy (non-hydrogen) atoms. The highest BCUT2D eigenvalue weighted by Crippen LogP contribution is 2.41. The second kappa shape index (κ2) is 42.6. The molecule has 6 aliphatic heterocycles. The number of H-pyrrole nitrogens is 3. The summed E-state index contributed by atoms with van der Waals surface area (Å²) in [7, 11) is 3.51. The van der Waals surface area contributed by atoms with Gasteiger partial charge < -0.3 is 63.2 Å². The van der Waals surface area contributed by atoms with Gasteiger partial charge in [-0.2, -0.15) is 0 Å². The topological polar surface area (TPSA) is 576 Å². The molecule has 12 aromatic heterocycles. The van der Waals surface area contributed by atoms with Crippen LogP contribution in [0.1, 0.15) is 83.8 Å². The fourth-order valence-corrected chi connectivity index (χ4v) is 17.2. The zero-order chi connectivity index (χ0) is 102. The number of imidazole rings is 4. The predicted molar refractivity (Wildman–Crippen MR) is 552 cm³/mol. The zero-order valence-corrected chi connectivity index (χ0v) is 80.5. The van der Waals surface area contributed by atoms with Gasteiger partial charge in [0.1, 0.15) is 76.1 Å². The Morgan fingerprint density at radius 2 is 0.653 bits per heavy atom. The second-order valence-corrected chi connectivity index (χ2v) is 35.0. The third-order valence-electron chi connectivity index (χ3n) is 24.9. The van der Waals surface area contributed by atoms with E-state index >= 15 is 0 Å². The summed E-state index contributed by atoms with van der Waals surface area (Å²) in [6, 6.07) is 62.6. The minimum atomic E-state index is -0.0327. The Morgan fingerprint density at radius 1 is 0.333 bits per heavy atom. The smallest absolute Gasteiger partial charge is 0.233 e. The minimum absolute atomic E-state index is 0.00603. The van der Waals surface area contributed by atoms with Crippen molar-refractivity contribution in [3.8, 4) is 69.5 Å². The average molecular weight is 1960 g/mol. The maximum atomic E-state index is 12.6. The van der Waals surface area contributed by atoms with Gasteiger partial charge in [0.05, 0.1) is 101 Å². The van der Waals surface area contributed by atoms with Crippen LogP contribution < -0.4 is 63.8 Å². The Morgan fingerprint density at radius 3 is 0.980 bits per heavy atom. The van der Waals surface area contributed by atoms with Crippen LogP contribution in [-0.2, 0) is 125 Å². The Balaban J connectivity index is 0.000000111. The molecular formula is C105H99N35O7. The Kier molecular flexibility index (Phi) is 27.9. The molecule has 6 aliphatic rings. The number of benzene rings is 6. The summed E-state index contributed by atoms with van der Waals surface area (Å²) in [6.07, 6.45) is 16.6. The Bertz CT molecular complexity index is 7900. The summed E-state index contributed by atoms with van der Waals surface area (Å²) in [5, 5.41) is 0. The molecule has 0 spiro atoms. The van der Waals surface area contributed by atoms with Crippen LogP contribution in [0.5, 0.6) is 0 Å². The molecule has 0 saturated carbocycles. The van der Waals surface area contributed by atoms with Gasteiger partial charge in [0.15, 0.2) is 58.2 Å². The van der Waals surface area contributed by atoms with Gasteiger partial charge in [0.25, 0.3) is 0 Å². The van der Waals surface area contributed by atoms with Gasteiger partial charge in [-0.05, 0) is 66.3 Å². The van der Waals surface area contributed by atoms with Crippen LogP contribution in [0.25, 0.3) is 69.5 Å². The number of nitrogens with one attached hydrogen (secondary N) is 3. The molecule has 42 nitrogen and oxygen atoms in total. The van der Waals surface area contributed by atoms with E-state index in [9.17, 15) is 28.8 Å². The highest BCUT2D eigenvalue weighted by atomic mass is 16.5. The van der Waals surface area contributed by atoms with Crippen molar-refractivity contribution < 1.29 is 33.5 Å². The summed E-state index contributed by atoms with van der Waals surface area (Å²) in [5.74, 6) is 10.2. The van der Waals surface area contributed by atoms with Gasteiger partial charge in [-0.25, -0.2) is 89.7 Å². The lowest BCUT2D eigenvalue weighted by molar-refractivity contribution is -0.118. The molecule has 736 valence electrons. The number of methoxy groups -OCH3 is 1. The molecule has 24 rings (SSSR count). The zero-order valence-electron chi connectivity index (χ0n) is 80.5. The van der Waals surface area contributed by atoms with Crippen LogP contribution in [0.15, 0.2) is 250 Å². The molecular weight excluding hydrogens is 1860 g/mol. The summed E-state index contributed by atoms with van der Waals surface area (Å²) in [4.78, 5) is 173. The van der Waals surface area contributed by atoms with Crippen LogP contribution >= 0.6 is 0 Å². The maximum Gasteiger partial charge on any atom is 0.233 e. The number of nitrogens with two attached hydrogens (primary N) is 6. The van der Waals surface area contributed by atoms with Gasteiger partial charge in [-0.3, -0.25) is 58.2 Å². The molecule has 18 heterocycles. The van der Waals surface area contributed by atoms with Crippen molar-refractivity contribution in [3.05, 3.63) is 334 Å². The minimum Gasteiger partial charge on any atom is -0.383 e. The van der Waals surface area contributed by atoms with Crippen LogP contribution in [0.4, 0.5) is 69.8 Å². The number of aryl methyl sites for hydroxylation is 4. The van der Waals surface area contributed by atoms with E-state index in [1.807, 2.05) is 243 Å². The number of nitrogen functional groups attached to an aromatic ring is 6. The van der Waals surface area contributed by atoms with E-state index in [0.717, 1.165) is 56.2 Å². The molecule has 6 amide bonds. The van der Waals surface area contributed by atoms with E-state index in [1.54, 1.807) is 73.7 Å². The molecule has 0 fully saturated rings. The van der Waals surface area contributed by atoms with Crippen molar-refractivity contribution >= 4 is 105 Å². The average Bonchev–Trinajstić information content (AvgIpc) is 1.64. The van der Waals surface area contributed by atoms with E-state index < -0.39 is 0 Å². The number of hydrogen-bond acceptors (Lipinski definition) is 31. The van der Waals surface area contributed by atoms with Crippen LogP contribution in [0.2, 0.25) is 0 Å². The van der Waals surface area contributed by atoms with Crippen molar-refractivity contribution in [2.45, 2.75) is 105 Å². The van der Waals surface area contributed by atoms with E-state index in [0.29, 0.717) is 219 Å². The lowest BCUT2D eigenvalue weighted by Crippen LogP contribution is -2.26. The second-order valence-electron chi connectivity index (χ2n) is 35.0. The number of rotatable bonds is 21. The molecule has 15 N–H and O–H groups in total. The fraction of sp³-hybridized carbons (Fsp3) is 0.181. The molecule has 0 bridgehead atoms. The number of aromatic nitrogens is 23. The first-order chi connectivity index (χ1) is 71.4. The van der Waals surface area contributed by atoms with Gasteiger partial charge in [-0.1, -0.05) is 182 Å². The molecule has 42 heteroatoms. The number of ether oxygens (including phenoxy) is 1. The van der Waals surface area contributed by atoms with Gasteiger partial charge >= 0.3 is 0 Å². The SMILES string of the molecule is COCCn1ccnc1-c1nc(N)c2c(n1)N(Cc1ccccc1)C(=O)C2.Cc1cnc(-c2nc(N)c3c(n2)N(Cc2ccccc2)C(=O)C3)[nH]1.Cc1nc(-c2nc(N)c3c(n2)N(Cc2ccccc2)C(=O)C3)[nH]c1C.Cn1ccnc1-c1nc(N)c2c(n1)N(Cc1ccccc1)C(=O)C2.Nc1nc(-c2ccc[nH]2)nc2c1CC(=O)N2Cc1ccccc1.Nc1nc(-c2cncnc2)nc2c1CC(=O)N2Cc1ccccc1. The number of carbonyl (C=O) groups is 6. The van der Waals surface area contributed by atoms with Crippen molar-refractivity contribution in [1.82, 2.24) is 114 Å². The number of nitrogens with zero attached hydrogens (tertiary/aromatic N) is 26. The number of aromatic amines is 3. The highest BCUT2D eigenvalue weighted by molar-refractivity contribution is 6.06. The molecule has 0 atom stereocenters. The Labute approximate surface area is 841 Å². The third kappa shape index (κ3) is 21.2. The highest BCUT2D eigenvalue weighted by Gasteiger charge is 2.40. The molecule has 0 saturated heterocycles. The van der Waals surface area contributed by atoms with E-state index in [4.69, 9.17) is 39.1 Å². The summed E-state index contributed by atoms with van der Waals surface area (Å²) in [5.41, 5.74) is 51.0. The molecule has 18 aromatic rings. The predicted octanol–water partition coefficient (Wildman–Crippen LogP) is 11.0. The maximum absolute atomic E-state index is 12.6. The lowest BCUT2D eigenvalue weighted by atomic mass is 10.2. The molecule has 0 aliphatic carbocycles. The van der Waals surface area contributed by atoms with Crippen LogP contribution in [-0.4, -0.2) is 163 Å². The van der Waals surface area contributed by atoms with E-state index in [2.05, 4.69) is 105 Å². The summed E-state index contributed by atoms with van der Waals surface area (Å²) in [6.45, 7) is 9.67. The van der Waals surface area contributed by atoms with Crippen molar-refractivity contribution in [2.24, 2.45) is 7.05 Å². The first-order valence-electron chi connectivity index (χ1n) is 46.9. The number of hydrogen-bond donors (Lipinski definition) is 9. The fourth-order valence-electron chi connectivity index (χ4n) is 17.2. The summed E-state index contributed by atoms with van der Waals surface area (Å²) < 4.78 is 8.86. The van der Waals surface area contributed by atoms with Gasteiger partial charge in [-0.15, -0.1) is 0 Å². The summed E-state index contributed by atoms with van der Waals surface area (Å²) >= 11 is 0. The first-order valence-corrected chi connectivity index (χ1v) is 46.9. The Hall–Kier alpha value is -19.4. The number of fused-ring (bicyclic) bond motifs is 6. The molecule has 6 aromatic carbocycles.